The smallest absolute Gasteiger partial charge is 0.414 e. The summed E-state index contributed by atoms with van der Waals surface area (Å²) in [4.78, 5) is 36.8. The highest BCUT2D eigenvalue weighted by Crippen LogP contribution is 2.35. The normalized spacial score (nSPS) is 17.4. The minimum Gasteiger partial charge on any atom is -0.442 e. The highest BCUT2D eigenvalue weighted by atomic mass is 19.1. The zero-order valence-corrected chi connectivity index (χ0v) is 16.4. The molecule has 0 spiro atoms. The first-order valence-corrected chi connectivity index (χ1v) is 9.53. The monoisotopic (exact) mass is 418 g/mol. The van der Waals surface area contributed by atoms with Gasteiger partial charge in [-0.2, -0.15) is 0 Å². The number of carbonyl (C=O) groups is 2. The zero-order valence-electron chi connectivity index (χ0n) is 16.4. The number of carbonyl (C=O) groups excluding carboxylic acids is 2. The molecule has 10 heteroatoms. The Bertz CT molecular complexity index is 1110. The lowest BCUT2D eigenvalue weighted by Crippen LogP contribution is -2.33. The number of hydrogen-bond acceptors (Lipinski definition) is 4. The van der Waals surface area contributed by atoms with E-state index < -0.39 is 23.8 Å². The fourth-order valence-electron chi connectivity index (χ4n) is 3.82. The summed E-state index contributed by atoms with van der Waals surface area (Å²) in [5.74, 6) is -2.06. The molecule has 3 heterocycles. The molecule has 1 N–H and O–H groups in total. The standard InChI is InChI=1S/C20H20F2N4O4/c1-3-24-18(16-5-4-6-25(16)19(24)28)17-14(21)7-12(8-15(17)22)26-10-13(30-20(26)29)9-23-11(2)27/h4-5,7-8,13H,3,6,9-10H2,1-2H3,(H,23,27)/t13-/m0/s1. The van der Waals surface area contributed by atoms with Gasteiger partial charge in [0.05, 0.1) is 35.7 Å². The molecule has 2 aliphatic rings. The van der Waals surface area contributed by atoms with Gasteiger partial charge < -0.3 is 10.1 Å². The minimum atomic E-state index is -0.890. The Labute approximate surface area is 170 Å². The van der Waals surface area contributed by atoms with Gasteiger partial charge in [0.15, 0.2) is 0 Å². The molecule has 30 heavy (non-hydrogen) atoms. The van der Waals surface area contributed by atoms with Crippen molar-refractivity contribution in [3.8, 4) is 11.3 Å². The van der Waals surface area contributed by atoms with Gasteiger partial charge in [0.25, 0.3) is 0 Å². The quantitative estimate of drug-likeness (QED) is 0.806. The van der Waals surface area contributed by atoms with Crippen molar-refractivity contribution in [3.05, 3.63) is 46.0 Å². The van der Waals surface area contributed by atoms with Crippen LogP contribution >= 0.6 is 0 Å². The molecule has 1 saturated heterocycles. The molecular formula is C20H20F2N4O4. The molecule has 8 nitrogen and oxygen atoms in total. The van der Waals surface area contributed by atoms with Gasteiger partial charge >= 0.3 is 11.8 Å². The fourth-order valence-corrected chi connectivity index (χ4v) is 3.82. The molecule has 2 aliphatic heterocycles. The Balaban J connectivity index is 1.71. The van der Waals surface area contributed by atoms with Gasteiger partial charge in [-0.05, 0) is 25.1 Å². The predicted molar refractivity (Wildman–Crippen MR) is 105 cm³/mol. The number of aromatic nitrogens is 2. The van der Waals surface area contributed by atoms with Crippen molar-refractivity contribution in [2.45, 2.75) is 33.0 Å². The lowest BCUT2D eigenvalue weighted by Gasteiger charge is -2.16. The van der Waals surface area contributed by atoms with Crippen molar-refractivity contribution < 1.29 is 23.1 Å². The van der Waals surface area contributed by atoms with E-state index in [1.54, 1.807) is 19.1 Å². The zero-order chi connectivity index (χ0) is 21.6. The number of benzene rings is 1. The Hall–Kier alpha value is -3.43. The Kier molecular flexibility index (Phi) is 4.92. The number of rotatable bonds is 5. The number of ether oxygens (including phenoxy) is 1. The molecule has 2 aromatic rings. The third-order valence-electron chi connectivity index (χ3n) is 5.17. The van der Waals surface area contributed by atoms with Crippen LogP contribution in [0.5, 0.6) is 0 Å². The summed E-state index contributed by atoms with van der Waals surface area (Å²) >= 11 is 0. The summed E-state index contributed by atoms with van der Waals surface area (Å²) in [6.07, 6.45) is 2.03. The Morgan fingerprint density at radius 3 is 2.60 bits per heavy atom. The van der Waals surface area contributed by atoms with Crippen LogP contribution in [0.4, 0.5) is 19.3 Å². The number of anilines is 1. The van der Waals surface area contributed by atoms with Crippen LogP contribution < -0.4 is 15.9 Å². The van der Waals surface area contributed by atoms with E-state index >= 15 is 8.78 Å². The van der Waals surface area contributed by atoms with E-state index in [4.69, 9.17) is 4.74 Å². The lowest BCUT2D eigenvalue weighted by atomic mass is 10.1. The molecule has 158 valence electrons. The summed E-state index contributed by atoms with van der Waals surface area (Å²) in [5.41, 5.74) is -0.0331. The van der Waals surface area contributed by atoms with E-state index in [2.05, 4.69) is 5.32 Å². The maximum atomic E-state index is 15.1. The van der Waals surface area contributed by atoms with Crippen molar-refractivity contribution >= 4 is 23.8 Å². The van der Waals surface area contributed by atoms with Gasteiger partial charge in [-0.25, -0.2) is 18.4 Å². The minimum absolute atomic E-state index is 0.000803. The number of allylic oxidation sites excluding steroid dienone is 1. The molecule has 1 aromatic heterocycles. The van der Waals surface area contributed by atoms with Crippen LogP contribution in [0.25, 0.3) is 17.3 Å². The van der Waals surface area contributed by atoms with Crippen LogP contribution in [0.3, 0.4) is 0 Å². The van der Waals surface area contributed by atoms with Crippen molar-refractivity contribution in [1.82, 2.24) is 14.5 Å². The van der Waals surface area contributed by atoms with Crippen molar-refractivity contribution in [3.63, 3.8) is 0 Å². The molecule has 4 rings (SSSR count). The molecule has 1 aromatic carbocycles. The Morgan fingerprint density at radius 1 is 1.27 bits per heavy atom. The van der Waals surface area contributed by atoms with E-state index in [0.717, 1.165) is 17.0 Å². The third-order valence-corrected chi connectivity index (χ3v) is 5.17. The second-order valence-corrected chi connectivity index (χ2v) is 7.11. The van der Waals surface area contributed by atoms with E-state index in [9.17, 15) is 14.4 Å². The van der Waals surface area contributed by atoms with Crippen LogP contribution in [-0.4, -0.2) is 40.3 Å². The van der Waals surface area contributed by atoms with Crippen molar-refractivity contribution in [2.75, 3.05) is 18.0 Å². The third kappa shape index (κ3) is 3.17. The summed E-state index contributed by atoms with van der Waals surface area (Å²) in [5, 5.41) is 2.54. The number of hydrogen-bond donors (Lipinski definition) is 1. The van der Waals surface area contributed by atoms with Crippen LogP contribution in [0.15, 0.2) is 23.0 Å². The highest BCUT2D eigenvalue weighted by molar-refractivity contribution is 5.90. The number of nitrogens with zero attached hydrogens (tertiary/aromatic N) is 3. The highest BCUT2D eigenvalue weighted by Gasteiger charge is 2.34. The average molecular weight is 418 g/mol. The largest absolute Gasteiger partial charge is 0.442 e. The van der Waals surface area contributed by atoms with E-state index in [1.165, 1.54) is 16.1 Å². The second-order valence-electron chi connectivity index (χ2n) is 7.11. The van der Waals surface area contributed by atoms with Gasteiger partial charge in [-0.3, -0.25) is 18.8 Å². The SMILES string of the molecule is CCn1c(-c2c(F)cc(N3C[C@H](CNC(C)=O)OC3=O)cc2F)c2n(c1=O)CC=C2. The second kappa shape index (κ2) is 7.43. The number of nitrogens with one attached hydrogen (secondary N) is 1. The van der Waals surface area contributed by atoms with Gasteiger partial charge in [0.2, 0.25) is 5.91 Å². The first-order chi connectivity index (χ1) is 14.3. The summed E-state index contributed by atoms with van der Waals surface area (Å²) < 4.78 is 38.1. The molecule has 0 aliphatic carbocycles. The van der Waals surface area contributed by atoms with Gasteiger partial charge in [0.1, 0.15) is 17.7 Å². The number of amides is 2. The summed E-state index contributed by atoms with van der Waals surface area (Å²) in [6, 6.07) is 2.10. The van der Waals surface area contributed by atoms with Crippen LogP contribution in [0.2, 0.25) is 0 Å². The molecule has 1 fully saturated rings. The molecule has 0 unspecified atom stereocenters. The van der Waals surface area contributed by atoms with Crippen LogP contribution in [0.1, 0.15) is 19.5 Å². The first-order valence-electron chi connectivity index (χ1n) is 9.53. The maximum absolute atomic E-state index is 15.1. The number of imidazole rings is 1. The van der Waals surface area contributed by atoms with E-state index in [-0.39, 0.29) is 48.2 Å². The average Bonchev–Trinajstić information content (AvgIpc) is 3.36. The summed E-state index contributed by atoms with van der Waals surface area (Å²) in [6.45, 7) is 3.82. The van der Waals surface area contributed by atoms with Gasteiger partial charge in [0, 0.05) is 20.0 Å². The van der Waals surface area contributed by atoms with Crippen LogP contribution in [-0.2, 0) is 22.6 Å². The van der Waals surface area contributed by atoms with Crippen molar-refractivity contribution in [1.29, 1.82) is 0 Å². The van der Waals surface area contributed by atoms with Crippen LogP contribution in [0, 0.1) is 11.6 Å². The maximum Gasteiger partial charge on any atom is 0.414 e. The summed E-state index contributed by atoms with van der Waals surface area (Å²) in [7, 11) is 0. The van der Waals surface area contributed by atoms with E-state index in [0.29, 0.717) is 12.2 Å². The number of cyclic esters (lactones) is 1. The number of halogens is 2. The first kappa shape index (κ1) is 19.9. The fraction of sp³-hybridized carbons (Fsp3) is 0.350. The lowest BCUT2D eigenvalue weighted by molar-refractivity contribution is -0.119. The van der Waals surface area contributed by atoms with E-state index in [1.807, 2.05) is 0 Å². The van der Waals surface area contributed by atoms with Gasteiger partial charge in [-0.1, -0.05) is 6.08 Å². The predicted octanol–water partition coefficient (Wildman–Crippen LogP) is 2.10. The molecule has 0 saturated carbocycles. The molecule has 1 atom stereocenters. The molecule has 0 bridgehead atoms. The molecular weight excluding hydrogens is 398 g/mol. The Morgan fingerprint density at radius 2 is 1.97 bits per heavy atom. The number of fused-ring (bicyclic) bond motifs is 1. The molecule has 0 radical (unpaired) electrons. The molecule has 2 amide bonds. The van der Waals surface area contributed by atoms with Gasteiger partial charge in [-0.15, -0.1) is 0 Å². The topological polar surface area (TPSA) is 85.6 Å². The van der Waals surface area contributed by atoms with Crippen molar-refractivity contribution in [2.24, 2.45) is 0 Å².